The van der Waals surface area contributed by atoms with Gasteiger partial charge in [-0.05, 0) is 49.1 Å². The van der Waals surface area contributed by atoms with Gasteiger partial charge in [-0.1, -0.05) is 61.2 Å². The van der Waals surface area contributed by atoms with Crippen molar-refractivity contribution < 1.29 is 14.4 Å². The van der Waals surface area contributed by atoms with Gasteiger partial charge in [-0.25, -0.2) is 4.90 Å². The minimum absolute atomic E-state index is 0.0136. The van der Waals surface area contributed by atoms with E-state index in [1.54, 1.807) is 29.2 Å². The fourth-order valence-electron chi connectivity index (χ4n) is 4.62. The Bertz CT molecular complexity index is 939. The predicted molar refractivity (Wildman–Crippen MR) is 121 cm³/mol. The normalized spacial score (nSPS) is 19.6. The number of carbonyl (C=O) groups excluding carboxylic acids is 3. The van der Waals surface area contributed by atoms with Gasteiger partial charge in [-0.2, -0.15) is 0 Å². The van der Waals surface area contributed by atoms with Crippen molar-refractivity contribution in [2.75, 3.05) is 11.4 Å². The Labute approximate surface area is 188 Å². The van der Waals surface area contributed by atoms with Gasteiger partial charge in [-0.3, -0.25) is 14.4 Å². The van der Waals surface area contributed by atoms with Crippen LogP contribution in [0.25, 0.3) is 0 Å². The molecule has 1 saturated carbocycles. The molecule has 2 aliphatic rings. The molecule has 1 unspecified atom stereocenters. The van der Waals surface area contributed by atoms with Gasteiger partial charge in [0.1, 0.15) is 6.04 Å². The monoisotopic (exact) mass is 438 g/mol. The summed E-state index contributed by atoms with van der Waals surface area (Å²) in [5, 5.41) is 0.538. The Hall–Kier alpha value is -2.66. The molecular weight excluding hydrogens is 412 g/mol. The van der Waals surface area contributed by atoms with Crippen molar-refractivity contribution in [3.05, 3.63) is 65.2 Å². The number of nitrogens with zero attached hydrogens (tertiary/aromatic N) is 2. The van der Waals surface area contributed by atoms with E-state index in [1.165, 1.54) is 4.90 Å². The van der Waals surface area contributed by atoms with Crippen molar-refractivity contribution in [3.63, 3.8) is 0 Å². The van der Waals surface area contributed by atoms with E-state index in [0.717, 1.165) is 37.7 Å². The highest BCUT2D eigenvalue weighted by Crippen LogP contribution is 2.31. The summed E-state index contributed by atoms with van der Waals surface area (Å²) in [7, 11) is 0. The Morgan fingerprint density at radius 2 is 1.65 bits per heavy atom. The molecule has 1 heterocycles. The third kappa shape index (κ3) is 4.82. The van der Waals surface area contributed by atoms with Gasteiger partial charge in [-0.15, -0.1) is 0 Å². The molecule has 1 aliphatic heterocycles. The Morgan fingerprint density at radius 1 is 0.968 bits per heavy atom. The van der Waals surface area contributed by atoms with Gasteiger partial charge >= 0.3 is 0 Å². The van der Waals surface area contributed by atoms with Gasteiger partial charge < -0.3 is 4.90 Å². The SMILES string of the molecule is O=C1CC(N(CCc2ccccc2)C(=O)C2CCCCC2)C(=O)N1c1ccc(Cl)cc1. The number of hydrogen-bond donors (Lipinski definition) is 0. The molecule has 0 radical (unpaired) electrons. The molecule has 0 N–H and O–H groups in total. The summed E-state index contributed by atoms with van der Waals surface area (Å²) in [5.74, 6) is -0.653. The lowest BCUT2D eigenvalue weighted by Gasteiger charge is -2.32. The lowest BCUT2D eigenvalue weighted by Crippen LogP contribution is -2.48. The van der Waals surface area contributed by atoms with E-state index in [0.29, 0.717) is 23.7 Å². The molecule has 1 atom stereocenters. The van der Waals surface area contributed by atoms with E-state index in [1.807, 2.05) is 30.3 Å². The summed E-state index contributed by atoms with van der Waals surface area (Å²) in [4.78, 5) is 42.5. The van der Waals surface area contributed by atoms with E-state index in [4.69, 9.17) is 11.6 Å². The molecule has 31 heavy (non-hydrogen) atoms. The molecule has 0 aromatic heterocycles. The molecule has 6 heteroatoms. The van der Waals surface area contributed by atoms with Crippen molar-refractivity contribution in [1.29, 1.82) is 0 Å². The largest absolute Gasteiger partial charge is 0.330 e. The average molecular weight is 439 g/mol. The third-order valence-electron chi connectivity index (χ3n) is 6.31. The summed E-state index contributed by atoms with van der Waals surface area (Å²) < 4.78 is 0. The van der Waals surface area contributed by atoms with Crippen molar-refractivity contribution in [2.24, 2.45) is 5.92 Å². The molecular formula is C25H27ClN2O3. The van der Waals surface area contributed by atoms with Crippen LogP contribution < -0.4 is 4.90 Å². The van der Waals surface area contributed by atoms with E-state index in [2.05, 4.69) is 0 Å². The fourth-order valence-corrected chi connectivity index (χ4v) is 4.74. The van der Waals surface area contributed by atoms with Crippen molar-refractivity contribution in [2.45, 2.75) is 51.0 Å². The lowest BCUT2D eigenvalue weighted by atomic mass is 9.87. The molecule has 0 bridgehead atoms. The van der Waals surface area contributed by atoms with Crippen molar-refractivity contribution in [3.8, 4) is 0 Å². The molecule has 1 aliphatic carbocycles. The summed E-state index contributed by atoms with van der Waals surface area (Å²) in [6, 6.07) is 15.8. The number of halogens is 1. The number of anilines is 1. The van der Waals surface area contributed by atoms with Crippen LogP contribution in [0.3, 0.4) is 0 Å². The summed E-state index contributed by atoms with van der Waals surface area (Å²) >= 11 is 5.96. The lowest BCUT2D eigenvalue weighted by molar-refractivity contribution is -0.142. The maximum Gasteiger partial charge on any atom is 0.257 e. The maximum atomic E-state index is 13.5. The van der Waals surface area contributed by atoms with E-state index in [-0.39, 0.29) is 30.1 Å². The maximum absolute atomic E-state index is 13.5. The zero-order valence-electron chi connectivity index (χ0n) is 17.5. The second-order valence-corrected chi connectivity index (χ2v) is 8.80. The number of rotatable bonds is 6. The zero-order valence-corrected chi connectivity index (χ0v) is 18.3. The van der Waals surface area contributed by atoms with Crippen molar-refractivity contribution >= 4 is 35.0 Å². The summed E-state index contributed by atoms with van der Waals surface area (Å²) in [5.41, 5.74) is 1.60. The van der Waals surface area contributed by atoms with Gasteiger partial charge in [0, 0.05) is 17.5 Å². The van der Waals surface area contributed by atoms with Crippen LogP contribution in [0.4, 0.5) is 5.69 Å². The molecule has 0 spiro atoms. The molecule has 2 aromatic carbocycles. The second-order valence-electron chi connectivity index (χ2n) is 8.37. The first-order chi connectivity index (χ1) is 15.0. The number of carbonyl (C=O) groups is 3. The summed E-state index contributed by atoms with van der Waals surface area (Å²) in [6.45, 7) is 0.428. The van der Waals surface area contributed by atoms with Crippen LogP contribution in [0.5, 0.6) is 0 Å². The highest BCUT2D eigenvalue weighted by atomic mass is 35.5. The van der Waals surface area contributed by atoms with Gasteiger partial charge in [0.05, 0.1) is 12.1 Å². The van der Waals surface area contributed by atoms with Crippen LogP contribution in [-0.2, 0) is 20.8 Å². The number of imide groups is 1. The minimum atomic E-state index is -0.749. The second kappa shape index (κ2) is 9.65. The standard InChI is InChI=1S/C25H27ClN2O3/c26-20-11-13-21(14-12-20)28-23(29)17-22(25(28)31)27(16-15-18-7-3-1-4-8-18)24(30)19-9-5-2-6-10-19/h1,3-4,7-8,11-14,19,22H,2,5-6,9-10,15-17H2. The van der Waals surface area contributed by atoms with E-state index in [9.17, 15) is 14.4 Å². The van der Waals surface area contributed by atoms with Crippen LogP contribution in [0.2, 0.25) is 5.02 Å². The minimum Gasteiger partial charge on any atom is -0.330 e. The van der Waals surface area contributed by atoms with E-state index >= 15 is 0 Å². The van der Waals surface area contributed by atoms with Crippen molar-refractivity contribution in [1.82, 2.24) is 4.90 Å². The van der Waals surface area contributed by atoms with Gasteiger partial charge in [0.25, 0.3) is 5.91 Å². The third-order valence-corrected chi connectivity index (χ3v) is 6.56. The first-order valence-corrected chi connectivity index (χ1v) is 11.4. The summed E-state index contributed by atoms with van der Waals surface area (Å²) in [6.07, 6.45) is 5.62. The van der Waals surface area contributed by atoms with Crippen LogP contribution in [0.15, 0.2) is 54.6 Å². The fraction of sp³-hybridized carbons (Fsp3) is 0.400. The molecule has 4 rings (SSSR count). The smallest absolute Gasteiger partial charge is 0.257 e. The number of hydrogen-bond acceptors (Lipinski definition) is 3. The van der Waals surface area contributed by atoms with Crippen LogP contribution in [0.1, 0.15) is 44.1 Å². The highest BCUT2D eigenvalue weighted by molar-refractivity contribution is 6.30. The van der Waals surface area contributed by atoms with Crippen LogP contribution in [0, 0.1) is 5.92 Å². The molecule has 1 saturated heterocycles. The van der Waals surface area contributed by atoms with E-state index < -0.39 is 6.04 Å². The molecule has 3 amide bonds. The zero-order chi connectivity index (χ0) is 21.8. The first-order valence-electron chi connectivity index (χ1n) is 11.0. The predicted octanol–water partition coefficient (Wildman–Crippen LogP) is 4.62. The molecule has 5 nitrogen and oxygen atoms in total. The topological polar surface area (TPSA) is 57.7 Å². The van der Waals surface area contributed by atoms with Crippen LogP contribution in [-0.4, -0.2) is 35.2 Å². The molecule has 2 aromatic rings. The van der Waals surface area contributed by atoms with Gasteiger partial charge in [0.15, 0.2) is 0 Å². The molecule has 162 valence electrons. The molecule has 2 fully saturated rings. The first kappa shape index (κ1) is 21.6. The Kier molecular flexibility index (Phi) is 6.71. The average Bonchev–Trinajstić information content (AvgIpc) is 3.09. The highest BCUT2D eigenvalue weighted by Gasteiger charge is 2.45. The quantitative estimate of drug-likeness (QED) is 0.618. The Morgan fingerprint density at radius 3 is 2.32 bits per heavy atom. The van der Waals surface area contributed by atoms with Crippen LogP contribution >= 0.6 is 11.6 Å². The number of amides is 3. The Balaban J connectivity index is 1.57. The van der Waals surface area contributed by atoms with Gasteiger partial charge in [0.2, 0.25) is 11.8 Å². The number of benzene rings is 2.